The molecule has 21 heavy (non-hydrogen) atoms. The van der Waals surface area contributed by atoms with Crippen LogP contribution in [0.3, 0.4) is 0 Å². The molecule has 0 bridgehead atoms. The Hall–Kier alpha value is -1.77. The number of nitrogens with zero attached hydrogens (tertiary/aromatic N) is 3. The summed E-state index contributed by atoms with van der Waals surface area (Å²) >= 11 is 0. The van der Waals surface area contributed by atoms with Gasteiger partial charge >= 0.3 is 6.16 Å². The lowest BCUT2D eigenvalue weighted by Gasteiger charge is -2.14. The Balaban J connectivity index is 3.90. The smallest absolute Gasteiger partial charge is 0.511 e. The Bertz CT molecular complexity index is 313. The number of ether oxygens (including phenoxy) is 2. The summed E-state index contributed by atoms with van der Waals surface area (Å²) in [6, 6.07) is 0. The number of hydrazine groups is 1. The lowest BCUT2D eigenvalue weighted by Crippen LogP contribution is -2.28. The molecule has 0 aromatic rings. The van der Waals surface area contributed by atoms with Crippen molar-refractivity contribution in [2.45, 2.75) is 45.8 Å². The zero-order chi connectivity index (χ0) is 16.1. The fraction of sp³-hybridized carbons (Fsp3) is 0.917. The van der Waals surface area contributed by atoms with Crippen molar-refractivity contribution in [3.05, 3.63) is 5.21 Å². The van der Waals surface area contributed by atoms with E-state index in [1.54, 1.807) is 14.0 Å². The molecule has 0 aliphatic rings. The summed E-state index contributed by atoms with van der Waals surface area (Å²) in [6.45, 7) is 3.95. The van der Waals surface area contributed by atoms with Gasteiger partial charge in [0.2, 0.25) is 5.28 Å². The minimum atomic E-state index is -1.02. The molecule has 0 aromatic heterocycles. The Morgan fingerprint density at radius 2 is 2.05 bits per heavy atom. The van der Waals surface area contributed by atoms with Crippen LogP contribution in [0.2, 0.25) is 0 Å². The molecule has 0 saturated heterocycles. The predicted molar refractivity (Wildman–Crippen MR) is 72.9 cm³/mol. The molecule has 0 aliphatic carbocycles. The first-order valence-corrected chi connectivity index (χ1v) is 7.00. The summed E-state index contributed by atoms with van der Waals surface area (Å²) < 4.78 is 9.21. The zero-order valence-corrected chi connectivity index (χ0v) is 12.9. The van der Waals surface area contributed by atoms with E-state index in [0.29, 0.717) is 6.54 Å². The second kappa shape index (κ2) is 12.0. The summed E-state index contributed by atoms with van der Waals surface area (Å²) in [5.74, 6) is 0. The van der Waals surface area contributed by atoms with Crippen molar-refractivity contribution in [1.82, 2.24) is 5.01 Å². The Morgan fingerprint density at radius 1 is 1.38 bits per heavy atom. The van der Waals surface area contributed by atoms with Crippen molar-refractivity contribution in [2.75, 3.05) is 26.8 Å². The topological polar surface area (TPSA) is 107 Å². The van der Waals surface area contributed by atoms with E-state index in [0.717, 1.165) is 25.7 Å². The summed E-state index contributed by atoms with van der Waals surface area (Å²) in [4.78, 5) is 16.0. The molecule has 1 N–H and O–H groups in total. The highest BCUT2D eigenvalue weighted by atomic mass is 16.8. The average Bonchev–Trinajstić information content (AvgIpc) is 2.44. The van der Waals surface area contributed by atoms with Crippen LogP contribution < -0.4 is 0 Å². The van der Waals surface area contributed by atoms with Gasteiger partial charge in [0.25, 0.3) is 6.29 Å². The monoisotopic (exact) mass is 307 g/mol. The Kier molecular flexibility index (Phi) is 11.0. The van der Waals surface area contributed by atoms with E-state index in [2.05, 4.69) is 14.8 Å². The first-order valence-electron chi connectivity index (χ1n) is 7.00. The quantitative estimate of drug-likeness (QED) is 0.155. The molecule has 0 spiro atoms. The molecule has 0 aliphatic heterocycles. The fourth-order valence-corrected chi connectivity index (χ4v) is 1.37. The molecule has 1 unspecified atom stereocenters. The van der Waals surface area contributed by atoms with E-state index in [-0.39, 0.29) is 18.2 Å². The van der Waals surface area contributed by atoms with Crippen LogP contribution >= 0.6 is 0 Å². The van der Waals surface area contributed by atoms with Crippen LogP contribution in [-0.4, -0.2) is 54.3 Å². The van der Waals surface area contributed by atoms with Gasteiger partial charge in [-0.15, -0.1) is 5.01 Å². The van der Waals surface area contributed by atoms with Crippen LogP contribution in [0.5, 0.6) is 0 Å². The summed E-state index contributed by atoms with van der Waals surface area (Å²) in [5.41, 5.74) is 0. The van der Waals surface area contributed by atoms with Crippen LogP contribution in [-0.2, 0) is 14.3 Å². The number of rotatable bonds is 11. The van der Waals surface area contributed by atoms with Crippen LogP contribution in [0.25, 0.3) is 0 Å². The minimum absolute atomic E-state index is 0.186. The zero-order valence-electron chi connectivity index (χ0n) is 12.9. The highest BCUT2D eigenvalue weighted by molar-refractivity contribution is 5.59. The first kappa shape index (κ1) is 19.2. The number of aliphatic hydroxyl groups excluding tert-OH is 1. The number of aliphatic hydroxyl groups is 1. The molecule has 0 aromatic carbocycles. The van der Waals surface area contributed by atoms with Crippen molar-refractivity contribution in [3.63, 3.8) is 0 Å². The number of hydrogen-bond donors (Lipinski definition) is 1. The van der Waals surface area contributed by atoms with E-state index >= 15 is 0 Å². The fourth-order valence-electron chi connectivity index (χ4n) is 1.37. The maximum atomic E-state index is 11.5. The normalized spacial score (nSPS) is 12.7. The highest BCUT2D eigenvalue weighted by Crippen LogP contribution is 2.02. The van der Waals surface area contributed by atoms with Crippen molar-refractivity contribution in [2.24, 2.45) is 5.28 Å². The Labute approximate surface area is 124 Å². The molecule has 0 amide bonds. The van der Waals surface area contributed by atoms with Crippen LogP contribution in [0.1, 0.15) is 39.5 Å². The molecule has 0 fully saturated rings. The van der Waals surface area contributed by atoms with Crippen molar-refractivity contribution in [1.29, 1.82) is 0 Å². The lowest BCUT2D eigenvalue weighted by atomic mass is 10.2. The number of carbonyl (C=O) groups excluding carboxylic acids is 1. The van der Waals surface area contributed by atoms with Crippen molar-refractivity contribution < 1.29 is 29.2 Å². The first-order chi connectivity index (χ1) is 10.0. The van der Waals surface area contributed by atoms with Crippen LogP contribution in [0, 0.1) is 5.21 Å². The second-order valence-electron chi connectivity index (χ2n) is 4.33. The third kappa shape index (κ3) is 10.7. The van der Waals surface area contributed by atoms with Gasteiger partial charge < -0.3 is 19.8 Å². The number of carbonyl (C=O) groups is 1. The number of unbranched alkanes of at least 4 members (excludes halogenated alkanes) is 3. The van der Waals surface area contributed by atoms with Crippen molar-refractivity contribution in [3.8, 4) is 0 Å². The summed E-state index contributed by atoms with van der Waals surface area (Å²) in [7, 11) is 1.57. The molecule has 0 rings (SSSR count). The van der Waals surface area contributed by atoms with Gasteiger partial charge in [0, 0.05) is 13.5 Å². The van der Waals surface area contributed by atoms with Gasteiger partial charge in [0.15, 0.2) is 0 Å². The molecule has 0 saturated carbocycles. The molecular formula is C12H25N3O6. The highest BCUT2D eigenvalue weighted by Gasteiger charge is 2.13. The molecule has 1 atom stereocenters. The van der Waals surface area contributed by atoms with E-state index in [1.165, 1.54) is 11.9 Å². The molecule has 0 radical (unpaired) electrons. The molecule has 0 heterocycles. The van der Waals surface area contributed by atoms with E-state index in [1.807, 2.05) is 0 Å². The minimum Gasteiger partial charge on any atom is -0.569 e. The van der Waals surface area contributed by atoms with Crippen LogP contribution in [0.4, 0.5) is 4.79 Å². The Morgan fingerprint density at radius 3 is 2.67 bits per heavy atom. The maximum Gasteiger partial charge on any atom is 0.511 e. The summed E-state index contributed by atoms with van der Waals surface area (Å²) in [5, 5.41) is 24.8. The summed E-state index contributed by atoms with van der Waals surface area (Å²) in [6.07, 6.45) is 1.51. The molecule has 124 valence electrons. The van der Waals surface area contributed by atoms with Gasteiger partial charge in [-0.25, -0.2) is 4.79 Å². The van der Waals surface area contributed by atoms with E-state index in [9.17, 15) is 10.0 Å². The maximum absolute atomic E-state index is 11.5. The van der Waals surface area contributed by atoms with E-state index < -0.39 is 12.4 Å². The largest absolute Gasteiger partial charge is 0.569 e. The lowest BCUT2D eigenvalue weighted by molar-refractivity contribution is -0.707. The number of hydrogen-bond acceptors (Lipinski definition) is 7. The molecular weight excluding hydrogens is 282 g/mol. The van der Waals surface area contributed by atoms with Gasteiger partial charge in [0.1, 0.15) is 0 Å². The van der Waals surface area contributed by atoms with Gasteiger partial charge in [-0.05, 0) is 19.8 Å². The van der Waals surface area contributed by atoms with Crippen LogP contribution in [0.15, 0.2) is 5.28 Å². The standard InChI is InChI=1S/C12H25N3O6/c1-4-19-12(17)20-11(2)21-13-15(18)14(3)9-7-5-6-8-10-16/h11,16H,4-10H2,1-3H3/b15-13-. The molecule has 9 heteroatoms. The van der Waals surface area contributed by atoms with Gasteiger partial charge in [-0.2, -0.15) is 0 Å². The third-order valence-electron chi connectivity index (χ3n) is 2.47. The average molecular weight is 307 g/mol. The van der Waals surface area contributed by atoms with E-state index in [4.69, 9.17) is 9.94 Å². The SMILES string of the molecule is CCOC(=O)OC(C)O/N=[N+](\[O-])N(C)CCCCCCO. The van der Waals surface area contributed by atoms with Gasteiger partial charge in [-0.1, -0.05) is 12.8 Å². The third-order valence-corrected chi connectivity index (χ3v) is 2.47. The van der Waals surface area contributed by atoms with Gasteiger partial charge in [-0.3, -0.25) is 4.84 Å². The second-order valence-corrected chi connectivity index (χ2v) is 4.33. The van der Waals surface area contributed by atoms with Gasteiger partial charge in [0.05, 0.1) is 25.2 Å². The molecule has 9 nitrogen and oxygen atoms in total. The predicted octanol–water partition coefficient (Wildman–Crippen LogP) is 1.80. The van der Waals surface area contributed by atoms with Crippen molar-refractivity contribution >= 4 is 6.16 Å².